The second-order valence-corrected chi connectivity index (χ2v) is 5.54. The number of aryl methyl sites for hydroxylation is 1. The minimum atomic E-state index is 0.182. The van der Waals surface area contributed by atoms with E-state index in [-0.39, 0.29) is 5.91 Å². The number of amides is 1. The fraction of sp³-hybridized carbons (Fsp3) is 0.533. The zero-order valence-corrected chi connectivity index (χ0v) is 12.2. The smallest absolute Gasteiger partial charge is 0.241 e. The molecule has 0 bridgehead atoms. The van der Waals surface area contributed by atoms with E-state index in [4.69, 9.17) is 11.6 Å². The molecule has 1 saturated heterocycles. The van der Waals surface area contributed by atoms with Gasteiger partial charge in [0.05, 0.1) is 6.54 Å². The maximum atomic E-state index is 12.2. The Morgan fingerprint density at radius 1 is 1.26 bits per heavy atom. The first kappa shape index (κ1) is 14.2. The number of nitrogens with zero attached hydrogens (tertiary/aromatic N) is 1. The quantitative estimate of drug-likeness (QED) is 0.920. The zero-order chi connectivity index (χ0) is 13.7. The van der Waals surface area contributed by atoms with Crippen LogP contribution in [0.2, 0.25) is 5.02 Å². The van der Waals surface area contributed by atoms with Crippen molar-refractivity contribution in [3.05, 3.63) is 28.8 Å². The predicted molar refractivity (Wildman–Crippen MR) is 79.7 cm³/mol. The van der Waals surface area contributed by atoms with Crippen LogP contribution in [0, 0.1) is 6.92 Å². The molecule has 1 aromatic carbocycles. The summed E-state index contributed by atoms with van der Waals surface area (Å²) in [5.74, 6) is 0.182. The molecule has 104 valence electrons. The van der Waals surface area contributed by atoms with Crippen molar-refractivity contribution in [3.63, 3.8) is 0 Å². The van der Waals surface area contributed by atoms with Gasteiger partial charge < -0.3 is 10.2 Å². The number of anilines is 1. The number of hydrogen-bond donors (Lipinski definition) is 1. The summed E-state index contributed by atoms with van der Waals surface area (Å²) in [4.78, 5) is 14.1. The molecule has 1 heterocycles. The number of nitrogens with one attached hydrogen (secondary N) is 1. The molecule has 1 amide bonds. The summed E-state index contributed by atoms with van der Waals surface area (Å²) < 4.78 is 0. The van der Waals surface area contributed by atoms with Crippen molar-refractivity contribution in [2.24, 2.45) is 0 Å². The largest absolute Gasteiger partial charge is 0.376 e. The van der Waals surface area contributed by atoms with E-state index in [9.17, 15) is 4.79 Å². The topological polar surface area (TPSA) is 32.3 Å². The van der Waals surface area contributed by atoms with Crippen molar-refractivity contribution in [2.75, 3.05) is 25.0 Å². The summed E-state index contributed by atoms with van der Waals surface area (Å²) in [6.07, 6.45) is 4.74. The van der Waals surface area contributed by atoms with Crippen LogP contribution in [0.4, 0.5) is 5.69 Å². The van der Waals surface area contributed by atoms with Gasteiger partial charge in [-0.25, -0.2) is 0 Å². The number of likely N-dealkylation sites (tertiary alicyclic amines) is 1. The van der Waals surface area contributed by atoms with Crippen molar-refractivity contribution in [2.45, 2.75) is 32.6 Å². The lowest BCUT2D eigenvalue weighted by molar-refractivity contribution is -0.129. The number of rotatable bonds is 3. The first-order chi connectivity index (χ1) is 9.16. The van der Waals surface area contributed by atoms with Crippen molar-refractivity contribution >= 4 is 23.2 Å². The van der Waals surface area contributed by atoms with E-state index in [1.165, 1.54) is 12.8 Å². The van der Waals surface area contributed by atoms with Crippen LogP contribution in [-0.2, 0) is 4.79 Å². The molecule has 0 spiro atoms. The Bertz CT molecular complexity index is 440. The minimum Gasteiger partial charge on any atom is -0.376 e. The van der Waals surface area contributed by atoms with Gasteiger partial charge in [0.15, 0.2) is 0 Å². The highest BCUT2D eigenvalue weighted by Gasteiger charge is 2.15. The van der Waals surface area contributed by atoms with Crippen LogP contribution >= 0.6 is 11.6 Å². The third-order valence-electron chi connectivity index (χ3n) is 3.59. The summed E-state index contributed by atoms with van der Waals surface area (Å²) >= 11 is 5.97. The van der Waals surface area contributed by atoms with E-state index in [0.717, 1.165) is 37.2 Å². The first-order valence-corrected chi connectivity index (χ1v) is 7.32. The number of halogens is 1. The molecule has 1 N–H and O–H groups in total. The molecular weight excluding hydrogens is 260 g/mol. The van der Waals surface area contributed by atoms with Gasteiger partial charge in [0.1, 0.15) is 0 Å². The zero-order valence-electron chi connectivity index (χ0n) is 11.4. The number of hydrogen-bond acceptors (Lipinski definition) is 2. The molecule has 0 aromatic heterocycles. The van der Waals surface area contributed by atoms with Crippen LogP contribution in [0.15, 0.2) is 18.2 Å². The summed E-state index contributed by atoms with van der Waals surface area (Å²) in [5.41, 5.74) is 2.05. The van der Waals surface area contributed by atoms with Crippen LogP contribution in [0.1, 0.15) is 31.2 Å². The van der Waals surface area contributed by atoms with Crippen molar-refractivity contribution in [3.8, 4) is 0 Å². The fourth-order valence-electron chi connectivity index (χ4n) is 2.39. The number of carbonyl (C=O) groups is 1. The van der Waals surface area contributed by atoms with Gasteiger partial charge in [-0.05, 0) is 37.5 Å². The fourth-order valence-corrected chi connectivity index (χ4v) is 2.56. The van der Waals surface area contributed by atoms with E-state index in [1.54, 1.807) is 0 Å². The average molecular weight is 281 g/mol. The Labute approximate surface area is 119 Å². The third kappa shape index (κ3) is 4.13. The summed E-state index contributed by atoms with van der Waals surface area (Å²) in [7, 11) is 0. The second-order valence-electron chi connectivity index (χ2n) is 5.11. The standard InChI is InChI=1S/C15H21ClN2O/c1-12-6-7-13(16)10-14(12)17-11-15(19)18-8-4-2-3-5-9-18/h6-7,10,17H,2-5,8-9,11H2,1H3. The van der Waals surface area contributed by atoms with Crippen molar-refractivity contribution in [1.29, 1.82) is 0 Å². The molecule has 0 aliphatic carbocycles. The van der Waals surface area contributed by atoms with Gasteiger partial charge >= 0.3 is 0 Å². The van der Waals surface area contributed by atoms with Gasteiger partial charge in [-0.3, -0.25) is 4.79 Å². The molecular formula is C15H21ClN2O. The minimum absolute atomic E-state index is 0.182. The van der Waals surface area contributed by atoms with Gasteiger partial charge in [0.2, 0.25) is 5.91 Å². The Balaban J connectivity index is 1.90. The Hall–Kier alpha value is -1.22. The van der Waals surface area contributed by atoms with Gasteiger partial charge in [0.25, 0.3) is 0 Å². The SMILES string of the molecule is Cc1ccc(Cl)cc1NCC(=O)N1CCCCCC1. The van der Waals surface area contributed by atoms with Crippen molar-refractivity contribution in [1.82, 2.24) is 4.90 Å². The molecule has 1 fully saturated rings. The molecule has 1 aliphatic rings. The first-order valence-electron chi connectivity index (χ1n) is 6.94. The highest BCUT2D eigenvalue weighted by molar-refractivity contribution is 6.30. The maximum absolute atomic E-state index is 12.2. The predicted octanol–water partition coefficient (Wildman–Crippen LogP) is 3.46. The molecule has 19 heavy (non-hydrogen) atoms. The summed E-state index contributed by atoms with van der Waals surface area (Å²) in [5, 5.41) is 3.89. The number of carbonyl (C=O) groups excluding carboxylic acids is 1. The molecule has 0 radical (unpaired) electrons. The lowest BCUT2D eigenvalue weighted by Crippen LogP contribution is -2.36. The van der Waals surface area contributed by atoms with Crippen LogP contribution in [-0.4, -0.2) is 30.4 Å². The van der Waals surface area contributed by atoms with Crippen LogP contribution < -0.4 is 5.32 Å². The van der Waals surface area contributed by atoms with Gasteiger partial charge in [-0.2, -0.15) is 0 Å². The van der Waals surface area contributed by atoms with Crippen LogP contribution in [0.5, 0.6) is 0 Å². The Kier molecular flexibility index (Phi) is 5.08. The van der Waals surface area contributed by atoms with Gasteiger partial charge in [-0.15, -0.1) is 0 Å². The molecule has 3 nitrogen and oxygen atoms in total. The third-order valence-corrected chi connectivity index (χ3v) is 3.82. The monoisotopic (exact) mass is 280 g/mol. The highest BCUT2D eigenvalue weighted by atomic mass is 35.5. The summed E-state index contributed by atoms with van der Waals surface area (Å²) in [6.45, 7) is 4.15. The lowest BCUT2D eigenvalue weighted by atomic mass is 10.2. The van der Waals surface area contributed by atoms with Crippen LogP contribution in [0.3, 0.4) is 0 Å². The van der Waals surface area contributed by atoms with E-state index in [1.807, 2.05) is 30.0 Å². The van der Waals surface area contributed by atoms with Gasteiger partial charge in [0, 0.05) is 23.8 Å². The maximum Gasteiger partial charge on any atom is 0.241 e. The average Bonchev–Trinajstić information content (AvgIpc) is 2.68. The van der Waals surface area contributed by atoms with Crippen molar-refractivity contribution < 1.29 is 4.79 Å². The summed E-state index contributed by atoms with van der Waals surface area (Å²) in [6, 6.07) is 5.69. The molecule has 0 atom stereocenters. The van der Waals surface area contributed by atoms with E-state index >= 15 is 0 Å². The highest BCUT2D eigenvalue weighted by Crippen LogP contribution is 2.20. The molecule has 0 unspecified atom stereocenters. The lowest BCUT2D eigenvalue weighted by Gasteiger charge is -2.21. The Morgan fingerprint density at radius 2 is 1.95 bits per heavy atom. The molecule has 2 rings (SSSR count). The normalized spacial score (nSPS) is 16.0. The Morgan fingerprint density at radius 3 is 2.63 bits per heavy atom. The van der Waals surface area contributed by atoms with E-state index in [2.05, 4.69) is 5.32 Å². The van der Waals surface area contributed by atoms with E-state index in [0.29, 0.717) is 11.6 Å². The van der Waals surface area contributed by atoms with Gasteiger partial charge in [-0.1, -0.05) is 30.5 Å². The molecule has 1 aliphatic heterocycles. The molecule has 4 heteroatoms. The molecule has 0 saturated carbocycles. The van der Waals surface area contributed by atoms with E-state index < -0.39 is 0 Å². The molecule has 1 aromatic rings. The second kappa shape index (κ2) is 6.80. The van der Waals surface area contributed by atoms with Crippen LogP contribution in [0.25, 0.3) is 0 Å². The number of benzene rings is 1.